The molecule has 4 heteroatoms. The molecule has 0 amide bonds. The van der Waals surface area contributed by atoms with E-state index in [1.807, 2.05) is 19.1 Å². The fourth-order valence-electron chi connectivity index (χ4n) is 2.32. The maximum Gasteiger partial charge on any atom is 0.363 e. The summed E-state index contributed by atoms with van der Waals surface area (Å²) in [6.07, 6.45) is 2.83. The Labute approximate surface area is 134 Å². The van der Waals surface area contributed by atoms with Gasteiger partial charge in [-0.25, -0.2) is 14.2 Å². The van der Waals surface area contributed by atoms with Gasteiger partial charge in [-0.3, -0.25) is 0 Å². The molecule has 1 heterocycles. The molecule has 0 spiro atoms. The van der Waals surface area contributed by atoms with Crippen molar-refractivity contribution in [1.29, 1.82) is 0 Å². The maximum atomic E-state index is 13.2. The van der Waals surface area contributed by atoms with E-state index < -0.39 is 5.97 Å². The molecule has 116 valence electrons. The minimum atomic E-state index is -0.492. The van der Waals surface area contributed by atoms with E-state index in [9.17, 15) is 9.18 Å². The Hall–Kier alpha value is -2.75. The van der Waals surface area contributed by atoms with Gasteiger partial charge in [0, 0.05) is 6.42 Å². The number of carbonyl (C=O) groups excluding carboxylic acids is 1. The summed E-state index contributed by atoms with van der Waals surface area (Å²) < 4.78 is 18.3. The highest BCUT2D eigenvalue weighted by atomic mass is 19.1. The normalized spacial score (nSPS) is 15.7. The van der Waals surface area contributed by atoms with Gasteiger partial charge in [0.25, 0.3) is 0 Å². The summed E-state index contributed by atoms with van der Waals surface area (Å²) in [6.45, 7) is 2.04. The van der Waals surface area contributed by atoms with Crippen molar-refractivity contribution in [3.8, 4) is 0 Å². The minimum Gasteiger partial charge on any atom is -0.407 e. The molecular weight excluding hydrogens is 293 g/mol. The van der Waals surface area contributed by atoms with Gasteiger partial charge in [-0.2, -0.15) is 0 Å². The summed E-state index contributed by atoms with van der Waals surface area (Å²) in [6, 6.07) is 14.2. The second-order valence-electron chi connectivity index (χ2n) is 5.47. The molecule has 0 bridgehead atoms. The molecule has 2 aromatic carbocycles. The van der Waals surface area contributed by atoms with Crippen LogP contribution in [-0.2, 0) is 16.0 Å². The quantitative estimate of drug-likeness (QED) is 0.631. The maximum absolute atomic E-state index is 13.2. The summed E-state index contributed by atoms with van der Waals surface area (Å²) in [5.41, 5.74) is 3.16. The van der Waals surface area contributed by atoms with Gasteiger partial charge in [0.1, 0.15) is 5.82 Å². The Morgan fingerprint density at radius 3 is 2.65 bits per heavy atom. The van der Waals surface area contributed by atoms with E-state index in [4.69, 9.17) is 4.74 Å². The predicted molar refractivity (Wildman–Crippen MR) is 87.4 cm³/mol. The number of carbonyl (C=O) groups is 1. The number of nitrogens with zero attached hydrogens (tertiary/aromatic N) is 1. The first kappa shape index (κ1) is 15.2. The zero-order chi connectivity index (χ0) is 16.2. The highest BCUT2D eigenvalue weighted by molar-refractivity contribution is 6.07. The molecule has 0 radical (unpaired) electrons. The minimum absolute atomic E-state index is 0.203. The number of ether oxygens (including phenoxy) is 1. The van der Waals surface area contributed by atoms with Crippen LogP contribution >= 0.6 is 0 Å². The molecule has 0 unspecified atom stereocenters. The van der Waals surface area contributed by atoms with Crippen LogP contribution in [0.25, 0.3) is 6.08 Å². The molecule has 0 saturated carbocycles. The number of aliphatic imine (C=N–C) groups is 1. The average Bonchev–Trinajstić information content (AvgIpc) is 2.87. The third-order valence-electron chi connectivity index (χ3n) is 3.57. The third kappa shape index (κ3) is 3.92. The number of rotatable bonds is 4. The van der Waals surface area contributed by atoms with Crippen LogP contribution in [0.4, 0.5) is 4.39 Å². The van der Waals surface area contributed by atoms with Crippen LogP contribution in [0.2, 0.25) is 0 Å². The molecule has 2 aromatic rings. The van der Waals surface area contributed by atoms with Crippen LogP contribution in [0.15, 0.2) is 59.2 Å². The lowest BCUT2D eigenvalue weighted by atomic mass is 10.1. The Balaban J connectivity index is 1.70. The Morgan fingerprint density at radius 1 is 1.13 bits per heavy atom. The van der Waals surface area contributed by atoms with E-state index in [-0.39, 0.29) is 11.5 Å². The summed E-state index contributed by atoms with van der Waals surface area (Å²) in [5.74, 6) is -0.444. The van der Waals surface area contributed by atoms with Gasteiger partial charge in [-0.05, 0) is 42.7 Å². The van der Waals surface area contributed by atoms with Gasteiger partial charge in [0.2, 0.25) is 0 Å². The number of esters is 1. The number of halogens is 1. The summed E-state index contributed by atoms with van der Waals surface area (Å²) in [7, 11) is 0. The van der Waals surface area contributed by atoms with E-state index in [1.54, 1.807) is 12.1 Å². The fourth-order valence-corrected chi connectivity index (χ4v) is 2.32. The first-order valence-electron chi connectivity index (χ1n) is 7.43. The number of cyclic esters (lactones) is 1. The topological polar surface area (TPSA) is 38.7 Å². The summed E-state index contributed by atoms with van der Waals surface area (Å²) in [4.78, 5) is 16.0. The fraction of sp³-hybridized carbons (Fsp3) is 0.158. The second-order valence-corrected chi connectivity index (χ2v) is 5.47. The number of benzene rings is 2. The number of hydrogen-bond donors (Lipinski definition) is 0. The van der Waals surface area contributed by atoms with Crippen molar-refractivity contribution in [3.63, 3.8) is 0 Å². The van der Waals surface area contributed by atoms with Crippen molar-refractivity contribution in [2.45, 2.75) is 19.8 Å². The number of aryl methyl sites for hydroxylation is 2. The zero-order valence-corrected chi connectivity index (χ0v) is 12.8. The highest BCUT2D eigenvalue weighted by Gasteiger charge is 2.22. The standard InChI is InChI=1S/C19H16FNO2/c1-13-5-7-14(8-6-13)9-10-18-21-17(19(22)23-18)12-15-3-2-4-16(20)11-15/h2-8,11-12H,9-10H2,1H3/b17-12+. The predicted octanol–water partition coefficient (Wildman–Crippen LogP) is 4.06. The van der Waals surface area contributed by atoms with Gasteiger partial charge in [0.05, 0.1) is 0 Å². The molecule has 1 aliphatic heterocycles. The van der Waals surface area contributed by atoms with Crippen LogP contribution in [0.5, 0.6) is 0 Å². The van der Waals surface area contributed by atoms with Crippen molar-refractivity contribution in [3.05, 3.63) is 76.7 Å². The largest absolute Gasteiger partial charge is 0.407 e. The Kier molecular flexibility index (Phi) is 4.33. The van der Waals surface area contributed by atoms with Crippen molar-refractivity contribution in [1.82, 2.24) is 0 Å². The molecule has 0 atom stereocenters. The smallest absolute Gasteiger partial charge is 0.363 e. The third-order valence-corrected chi connectivity index (χ3v) is 3.57. The van der Waals surface area contributed by atoms with Crippen molar-refractivity contribution in [2.24, 2.45) is 4.99 Å². The Morgan fingerprint density at radius 2 is 1.91 bits per heavy atom. The first-order chi connectivity index (χ1) is 11.1. The van der Waals surface area contributed by atoms with Crippen LogP contribution in [0.3, 0.4) is 0 Å². The molecule has 0 aliphatic carbocycles. The molecule has 3 nitrogen and oxygen atoms in total. The lowest BCUT2D eigenvalue weighted by molar-refractivity contribution is -0.130. The molecule has 1 aliphatic rings. The average molecular weight is 309 g/mol. The van der Waals surface area contributed by atoms with E-state index in [0.717, 1.165) is 12.0 Å². The highest BCUT2D eigenvalue weighted by Crippen LogP contribution is 2.18. The molecule has 0 aromatic heterocycles. The van der Waals surface area contributed by atoms with Crippen LogP contribution < -0.4 is 0 Å². The lowest BCUT2D eigenvalue weighted by Crippen LogP contribution is -2.05. The van der Waals surface area contributed by atoms with Crippen molar-refractivity contribution in [2.75, 3.05) is 0 Å². The van der Waals surface area contributed by atoms with Gasteiger partial charge < -0.3 is 4.74 Å². The van der Waals surface area contributed by atoms with E-state index >= 15 is 0 Å². The van der Waals surface area contributed by atoms with Gasteiger partial charge >= 0.3 is 5.97 Å². The molecule has 0 saturated heterocycles. The van der Waals surface area contributed by atoms with E-state index in [0.29, 0.717) is 17.9 Å². The van der Waals surface area contributed by atoms with Gasteiger partial charge in [-0.15, -0.1) is 0 Å². The molecular formula is C19H16FNO2. The van der Waals surface area contributed by atoms with Crippen molar-refractivity contribution >= 4 is 17.9 Å². The van der Waals surface area contributed by atoms with E-state index in [2.05, 4.69) is 17.1 Å². The van der Waals surface area contributed by atoms with Crippen LogP contribution in [-0.4, -0.2) is 11.9 Å². The van der Waals surface area contributed by atoms with Gasteiger partial charge in [0.15, 0.2) is 11.6 Å². The van der Waals surface area contributed by atoms with E-state index in [1.165, 1.54) is 23.8 Å². The van der Waals surface area contributed by atoms with Crippen LogP contribution in [0, 0.1) is 12.7 Å². The first-order valence-corrected chi connectivity index (χ1v) is 7.43. The monoisotopic (exact) mass is 309 g/mol. The summed E-state index contributed by atoms with van der Waals surface area (Å²) in [5, 5.41) is 0. The van der Waals surface area contributed by atoms with Gasteiger partial charge in [-0.1, -0.05) is 42.0 Å². The van der Waals surface area contributed by atoms with Crippen molar-refractivity contribution < 1.29 is 13.9 Å². The zero-order valence-electron chi connectivity index (χ0n) is 12.8. The molecule has 3 rings (SSSR count). The lowest BCUT2D eigenvalue weighted by Gasteiger charge is -2.01. The molecule has 0 fully saturated rings. The molecule has 0 N–H and O–H groups in total. The SMILES string of the molecule is Cc1ccc(CCC2=N/C(=C/c3cccc(F)c3)C(=O)O2)cc1. The van der Waals surface area contributed by atoms with Crippen LogP contribution in [0.1, 0.15) is 23.1 Å². The summed E-state index contributed by atoms with van der Waals surface area (Å²) >= 11 is 0. The Bertz CT molecular complexity index is 791. The molecule has 23 heavy (non-hydrogen) atoms. The number of hydrogen-bond acceptors (Lipinski definition) is 3. The second kappa shape index (κ2) is 6.57.